The molecule has 0 saturated carbocycles. The molecule has 2 heterocycles. The minimum absolute atomic E-state index is 0.0151. The number of nitrogen functional groups attached to an aromatic ring is 1. The smallest absolute Gasteiger partial charge is 0.408 e. The number of nitrogens with one attached hydrogen (secondary N) is 1. The minimum Gasteiger partial charge on any atom is -0.414 e. The number of nitrogens with two attached hydrogens (primary N) is 1. The van der Waals surface area contributed by atoms with Crippen LogP contribution in [0.5, 0.6) is 0 Å². The number of halogens is 3. The minimum atomic E-state index is -4.69. The van der Waals surface area contributed by atoms with Gasteiger partial charge in [0, 0.05) is 10.5 Å². The molecule has 0 spiro atoms. The second kappa shape index (κ2) is 11.7. The van der Waals surface area contributed by atoms with Gasteiger partial charge in [0.25, 0.3) is 5.89 Å². The molecule has 4 rings (SSSR count). The number of alkyl halides is 3. The number of rotatable bonds is 8. The molecule has 3 aromatic rings. The molecule has 1 aliphatic carbocycles. The normalized spacial score (nSPS) is 16.2. The molecule has 42 heavy (non-hydrogen) atoms. The Bertz CT molecular complexity index is 1660. The van der Waals surface area contributed by atoms with Crippen molar-refractivity contribution in [1.29, 1.82) is 0 Å². The highest BCUT2D eigenvalue weighted by Gasteiger charge is 2.43. The van der Waals surface area contributed by atoms with E-state index in [0.717, 1.165) is 5.57 Å². The van der Waals surface area contributed by atoms with Gasteiger partial charge in [-0.05, 0) is 76.8 Å². The van der Waals surface area contributed by atoms with E-state index in [0.29, 0.717) is 29.0 Å². The van der Waals surface area contributed by atoms with E-state index < -0.39 is 43.0 Å². The monoisotopic (exact) mass is 624 g/mol. The van der Waals surface area contributed by atoms with E-state index in [9.17, 15) is 25.8 Å². The largest absolute Gasteiger partial charge is 0.414 e. The van der Waals surface area contributed by atoms with E-state index in [-0.39, 0.29) is 28.9 Å². The van der Waals surface area contributed by atoms with Gasteiger partial charge in [0.05, 0.1) is 32.9 Å². The highest BCUT2D eigenvalue weighted by Crippen LogP contribution is 2.36. The van der Waals surface area contributed by atoms with Crippen LogP contribution < -0.4 is 10.5 Å². The summed E-state index contributed by atoms with van der Waals surface area (Å²) < 4.78 is 85.7. The highest BCUT2D eigenvalue weighted by atomic mass is 32.2. The Morgan fingerprint density at radius 1 is 1.02 bits per heavy atom. The molecule has 15 heteroatoms. The maximum Gasteiger partial charge on any atom is 0.408 e. The lowest BCUT2D eigenvalue weighted by atomic mass is 10.0. The summed E-state index contributed by atoms with van der Waals surface area (Å²) in [6, 6.07) is 3.13. The Morgan fingerprint density at radius 2 is 1.67 bits per heavy atom. The first kappa shape index (κ1) is 31.5. The molecule has 1 aromatic carbocycles. The maximum absolute atomic E-state index is 13.8. The fourth-order valence-electron chi connectivity index (χ4n) is 3.94. The highest BCUT2D eigenvalue weighted by molar-refractivity contribution is 7.95. The second-order valence-electron chi connectivity index (χ2n) is 10.9. The quantitative estimate of drug-likeness (QED) is 0.339. The predicted octanol–water partition coefficient (Wildman–Crippen LogP) is 5.32. The van der Waals surface area contributed by atoms with Crippen LogP contribution in [0.1, 0.15) is 64.8 Å². The molecule has 1 aliphatic rings. The Labute approximate surface area is 244 Å². The number of sulfone groups is 1. The molecular weight excluding hydrogens is 593 g/mol. The molecule has 0 bridgehead atoms. The van der Waals surface area contributed by atoms with Crippen molar-refractivity contribution >= 4 is 32.2 Å². The number of hydrogen-bond acceptors (Lipinski definition) is 9. The van der Waals surface area contributed by atoms with Crippen LogP contribution in [0.15, 0.2) is 51.9 Å². The van der Waals surface area contributed by atoms with Crippen molar-refractivity contribution < 1.29 is 30.2 Å². The predicted molar refractivity (Wildman–Crippen MR) is 154 cm³/mol. The summed E-state index contributed by atoms with van der Waals surface area (Å²) >= 11 is 0. The fraction of sp³-hybridized carbons (Fsp3) is 0.407. The number of hydrogen-bond donors (Lipinski definition) is 2. The lowest BCUT2D eigenvalue weighted by Gasteiger charge is -2.26. The van der Waals surface area contributed by atoms with Crippen LogP contribution in [0.3, 0.4) is 0 Å². The van der Waals surface area contributed by atoms with Gasteiger partial charge in [-0.3, -0.25) is 0 Å². The molecule has 226 valence electrons. The molecule has 10 nitrogen and oxygen atoms in total. The van der Waals surface area contributed by atoms with Crippen LogP contribution in [-0.2, 0) is 20.8 Å². The Morgan fingerprint density at radius 3 is 2.21 bits per heavy atom. The van der Waals surface area contributed by atoms with E-state index in [1.807, 2.05) is 0 Å². The molecule has 0 radical (unpaired) electrons. The SMILES string of the molecule is CC(C)S(=O)(=O)C1=CC=C(c2cnc(N)c(-c3nnc(-c4ccc([C@H](NS(=O)C(C)(C)C)C(F)(F)F)cc4)o3)n2)CC1. The summed E-state index contributed by atoms with van der Waals surface area (Å²) in [6.07, 6.45) is 0.784. The van der Waals surface area contributed by atoms with Crippen molar-refractivity contribution in [3.05, 3.63) is 58.8 Å². The third-order valence-corrected chi connectivity index (χ3v) is 10.3. The van der Waals surface area contributed by atoms with Gasteiger partial charge < -0.3 is 10.2 Å². The van der Waals surface area contributed by atoms with Crippen molar-refractivity contribution in [1.82, 2.24) is 24.9 Å². The summed E-state index contributed by atoms with van der Waals surface area (Å²) in [5, 5.41) is 7.46. The van der Waals surface area contributed by atoms with Crippen LogP contribution >= 0.6 is 0 Å². The zero-order valence-corrected chi connectivity index (χ0v) is 25.2. The average Bonchev–Trinajstić information content (AvgIpc) is 3.41. The Balaban J connectivity index is 1.58. The number of benzene rings is 1. The number of aromatic nitrogens is 4. The van der Waals surface area contributed by atoms with Crippen LogP contribution in [-0.4, -0.2) is 49.0 Å². The number of allylic oxidation sites excluding steroid dienone is 4. The van der Waals surface area contributed by atoms with Gasteiger partial charge in [-0.1, -0.05) is 18.2 Å². The van der Waals surface area contributed by atoms with Crippen molar-refractivity contribution in [2.24, 2.45) is 0 Å². The first-order valence-corrected chi connectivity index (χ1v) is 15.6. The van der Waals surface area contributed by atoms with Crippen LogP contribution in [0, 0.1) is 0 Å². The van der Waals surface area contributed by atoms with E-state index in [4.69, 9.17) is 10.2 Å². The van der Waals surface area contributed by atoms with Crippen molar-refractivity contribution in [2.75, 3.05) is 5.73 Å². The van der Waals surface area contributed by atoms with Gasteiger partial charge in [-0.25, -0.2) is 27.3 Å². The van der Waals surface area contributed by atoms with Gasteiger partial charge in [0.2, 0.25) is 5.89 Å². The molecule has 0 fully saturated rings. The van der Waals surface area contributed by atoms with E-state index >= 15 is 0 Å². The van der Waals surface area contributed by atoms with Crippen LogP contribution in [0.25, 0.3) is 28.6 Å². The molecule has 3 N–H and O–H groups in total. The molecule has 0 saturated heterocycles. The van der Waals surface area contributed by atoms with Gasteiger partial charge in [0.15, 0.2) is 21.3 Å². The maximum atomic E-state index is 13.8. The van der Waals surface area contributed by atoms with E-state index in [2.05, 4.69) is 24.9 Å². The molecule has 2 atom stereocenters. The molecule has 2 aromatic heterocycles. The first-order chi connectivity index (χ1) is 19.5. The number of nitrogens with zero attached hydrogens (tertiary/aromatic N) is 4. The molecular formula is C27H31F3N6O4S2. The average molecular weight is 625 g/mol. The van der Waals surface area contributed by atoms with E-state index in [1.165, 1.54) is 30.5 Å². The van der Waals surface area contributed by atoms with Gasteiger partial charge in [0.1, 0.15) is 6.04 Å². The van der Waals surface area contributed by atoms with Gasteiger partial charge in [-0.2, -0.15) is 13.2 Å². The summed E-state index contributed by atoms with van der Waals surface area (Å²) in [6.45, 7) is 7.99. The van der Waals surface area contributed by atoms with E-state index in [1.54, 1.807) is 46.8 Å². The zero-order valence-electron chi connectivity index (χ0n) is 23.6. The lowest BCUT2D eigenvalue weighted by molar-refractivity contribution is -0.152. The first-order valence-electron chi connectivity index (χ1n) is 12.9. The topological polar surface area (TPSA) is 154 Å². The Kier molecular flexibility index (Phi) is 8.77. The van der Waals surface area contributed by atoms with Crippen LogP contribution in [0.4, 0.5) is 19.0 Å². The zero-order chi connectivity index (χ0) is 31.0. The van der Waals surface area contributed by atoms with Crippen molar-refractivity contribution in [3.63, 3.8) is 0 Å². The summed E-state index contributed by atoms with van der Waals surface area (Å²) in [5.74, 6) is -0.0158. The molecule has 0 aliphatic heterocycles. The van der Waals surface area contributed by atoms with Crippen molar-refractivity contribution in [3.8, 4) is 23.0 Å². The standard InChI is InChI=1S/C27H31F3N6O4S2/c1-15(2)42(38,39)19-12-10-16(11-13-19)20-14-32-23(31)21(33-20)25-35-34-24(40-25)18-8-6-17(7-9-18)22(27(28,29)30)36-41(37)26(3,4)5/h6-10,12,14-15,22,36H,11,13H2,1-5H3,(H2,31,32)/t22-,41?/m0/s1. The van der Waals surface area contributed by atoms with Crippen LogP contribution in [0.2, 0.25) is 0 Å². The molecule has 1 unspecified atom stereocenters. The third-order valence-electron chi connectivity index (χ3n) is 6.45. The third kappa shape index (κ3) is 6.79. The summed E-state index contributed by atoms with van der Waals surface area (Å²) in [5.41, 5.74) is 7.56. The summed E-state index contributed by atoms with van der Waals surface area (Å²) in [7, 11) is -5.32. The summed E-state index contributed by atoms with van der Waals surface area (Å²) in [4.78, 5) is 9.05. The molecule has 0 amide bonds. The fourth-order valence-corrected chi connectivity index (χ4v) is 6.03. The number of anilines is 1. The second-order valence-corrected chi connectivity index (χ2v) is 15.5. The van der Waals surface area contributed by atoms with Gasteiger partial charge >= 0.3 is 6.18 Å². The van der Waals surface area contributed by atoms with Crippen molar-refractivity contribution in [2.45, 2.75) is 69.7 Å². The lowest BCUT2D eigenvalue weighted by Crippen LogP contribution is -2.41. The Hall–Kier alpha value is -3.43. The van der Waals surface area contributed by atoms with Gasteiger partial charge in [-0.15, -0.1) is 10.2 Å².